The molecule has 1 N–H and O–H groups in total. The van der Waals surface area contributed by atoms with Crippen molar-refractivity contribution in [1.82, 2.24) is 10.3 Å². The van der Waals surface area contributed by atoms with E-state index in [1.54, 1.807) is 36.3 Å². The van der Waals surface area contributed by atoms with Gasteiger partial charge in [-0.3, -0.25) is 9.78 Å². The molecule has 1 amide bonds. The SMILES string of the molecule is CSc1ccc(/C=C(\C#N)C(=O)NCc2cccnc2)cc1. The first-order valence-corrected chi connectivity index (χ1v) is 7.88. The van der Waals surface area contributed by atoms with Gasteiger partial charge in [0.25, 0.3) is 5.91 Å². The standard InChI is InChI=1S/C17H15N3OS/c1-22-16-6-4-13(5-7-16)9-15(10-18)17(21)20-12-14-3-2-8-19-11-14/h2-9,11H,12H2,1H3,(H,20,21)/b15-9+. The maximum absolute atomic E-state index is 12.0. The molecule has 0 aliphatic heterocycles. The number of rotatable bonds is 5. The van der Waals surface area contributed by atoms with Gasteiger partial charge in [0.05, 0.1) is 0 Å². The van der Waals surface area contributed by atoms with Crippen molar-refractivity contribution in [3.63, 3.8) is 0 Å². The van der Waals surface area contributed by atoms with Crippen LogP contribution in [0.4, 0.5) is 0 Å². The van der Waals surface area contributed by atoms with Crippen molar-refractivity contribution in [3.05, 3.63) is 65.5 Å². The number of pyridine rings is 1. The summed E-state index contributed by atoms with van der Waals surface area (Å²) in [4.78, 5) is 17.2. The highest BCUT2D eigenvalue weighted by Crippen LogP contribution is 2.16. The van der Waals surface area contributed by atoms with Crippen LogP contribution in [0.15, 0.2) is 59.3 Å². The van der Waals surface area contributed by atoms with Crippen molar-refractivity contribution in [2.24, 2.45) is 0 Å². The summed E-state index contributed by atoms with van der Waals surface area (Å²) in [6.07, 6.45) is 6.93. The molecule has 2 aromatic rings. The number of carbonyl (C=O) groups is 1. The van der Waals surface area contributed by atoms with Crippen LogP contribution in [0.1, 0.15) is 11.1 Å². The lowest BCUT2D eigenvalue weighted by Gasteiger charge is -2.04. The van der Waals surface area contributed by atoms with E-state index in [2.05, 4.69) is 10.3 Å². The van der Waals surface area contributed by atoms with Gasteiger partial charge in [-0.1, -0.05) is 18.2 Å². The normalized spacial score (nSPS) is 10.8. The second-order valence-electron chi connectivity index (χ2n) is 4.49. The average Bonchev–Trinajstić information content (AvgIpc) is 2.59. The third-order valence-electron chi connectivity index (χ3n) is 2.97. The molecule has 4 nitrogen and oxygen atoms in total. The van der Waals surface area contributed by atoms with E-state index in [-0.39, 0.29) is 11.5 Å². The molecule has 0 bridgehead atoms. The maximum atomic E-state index is 12.0. The maximum Gasteiger partial charge on any atom is 0.262 e. The van der Waals surface area contributed by atoms with Crippen LogP contribution < -0.4 is 5.32 Å². The van der Waals surface area contributed by atoms with Crippen LogP contribution in [0.2, 0.25) is 0 Å². The first-order chi connectivity index (χ1) is 10.7. The highest BCUT2D eigenvalue weighted by atomic mass is 32.2. The zero-order valence-electron chi connectivity index (χ0n) is 12.1. The number of thioether (sulfide) groups is 1. The summed E-state index contributed by atoms with van der Waals surface area (Å²) < 4.78 is 0. The Kier molecular flexibility index (Phi) is 5.75. The lowest BCUT2D eigenvalue weighted by molar-refractivity contribution is -0.117. The monoisotopic (exact) mass is 309 g/mol. The Labute approximate surface area is 133 Å². The van der Waals surface area contributed by atoms with Crippen molar-refractivity contribution < 1.29 is 4.79 Å². The third-order valence-corrected chi connectivity index (χ3v) is 3.71. The second-order valence-corrected chi connectivity index (χ2v) is 5.37. The fourth-order valence-corrected chi connectivity index (χ4v) is 2.20. The quantitative estimate of drug-likeness (QED) is 0.524. The Hall–Kier alpha value is -2.58. The van der Waals surface area contributed by atoms with Crippen molar-refractivity contribution in [2.75, 3.05) is 6.26 Å². The van der Waals surface area contributed by atoms with Crippen molar-refractivity contribution in [3.8, 4) is 6.07 Å². The highest BCUT2D eigenvalue weighted by molar-refractivity contribution is 7.98. The minimum Gasteiger partial charge on any atom is -0.347 e. The highest BCUT2D eigenvalue weighted by Gasteiger charge is 2.08. The molecule has 0 saturated heterocycles. The van der Waals surface area contributed by atoms with E-state index in [4.69, 9.17) is 5.26 Å². The molecule has 0 aliphatic rings. The number of hydrogen-bond donors (Lipinski definition) is 1. The summed E-state index contributed by atoms with van der Waals surface area (Å²) in [5.41, 5.74) is 1.80. The Bertz CT molecular complexity index is 703. The Morgan fingerprint density at radius 1 is 1.36 bits per heavy atom. The Balaban J connectivity index is 2.04. The van der Waals surface area contributed by atoms with E-state index in [0.29, 0.717) is 6.54 Å². The van der Waals surface area contributed by atoms with Gasteiger partial charge >= 0.3 is 0 Å². The molecule has 0 radical (unpaired) electrons. The number of carbonyl (C=O) groups excluding carboxylic acids is 1. The van der Waals surface area contributed by atoms with Crippen LogP contribution >= 0.6 is 11.8 Å². The van der Waals surface area contributed by atoms with E-state index < -0.39 is 0 Å². The molecule has 22 heavy (non-hydrogen) atoms. The smallest absolute Gasteiger partial charge is 0.262 e. The molecule has 1 heterocycles. The lowest BCUT2D eigenvalue weighted by Crippen LogP contribution is -2.23. The fraction of sp³-hybridized carbons (Fsp3) is 0.118. The summed E-state index contributed by atoms with van der Waals surface area (Å²) in [5, 5.41) is 11.9. The molecule has 2 rings (SSSR count). The number of hydrogen-bond acceptors (Lipinski definition) is 4. The van der Waals surface area contributed by atoms with Crippen LogP contribution in [0, 0.1) is 11.3 Å². The molecular weight excluding hydrogens is 294 g/mol. The Morgan fingerprint density at radius 2 is 2.14 bits per heavy atom. The molecule has 0 atom stereocenters. The summed E-state index contributed by atoms with van der Waals surface area (Å²) >= 11 is 1.64. The first kappa shape index (κ1) is 15.8. The molecule has 0 unspecified atom stereocenters. The number of nitriles is 1. The number of benzene rings is 1. The van der Waals surface area contributed by atoms with Gasteiger partial charge in [0.15, 0.2) is 0 Å². The number of nitrogens with zero attached hydrogens (tertiary/aromatic N) is 2. The number of nitrogens with one attached hydrogen (secondary N) is 1. The van der Waals surface area contributed by atoms with Crippen molar-refractivity contribution in [1.29, 1.82) is 5.26 Å². The van der Waals surface area contributed by atoms with Crippen LogP contribution in [-0.4, -0.2) is 17.1 Å². The largest absolute Gasteiger partial charge is 0.347 e. The van der Waals surface area contributed by atoms with Gasteiger partial charge in [0.1, 0.15) is 11.6 Å². The van der Waals surface area contributed by atoms with Crippen molar-refractivity contribution >= 4 is 23.7 Å². The van der Waals surface area contributed by atoms with Crippen LogP contribution in [0.3, 0.4) is 0 Å². The molecule has 1 aromatic heterocycles. The van der Waals surface area contributed by atoms with Crippen LogP contribution in [0.5, 0.6) is 0 Å². The summed E-state index contributed by atoms with van der Waals surface area (Å²) in [6.45, 7) is 0.344. The van der Waals surface area contributed by atoms with Gasteiger partial charge in [-0.15, -0.1) is 11.8 Å². The number of aromatic nitrogens is 1. The molecule has 5 heteroatoms. The molecular formula is C17H15N3OS. The Morgan fingerprint density at radius 3 is 2.73 bits per heavy atom. The molecule has 0 spiro atoms. The molecule has 0 aliphatic carbocycles. The fourth-order valence-electron chi connectivity index (χ4n) is 1.80. The van der Waals surface area contributed by atoms with Crippen molar-refractivity contribution in [2.45, 2.75) is 11.4 Å². The van der Waals surface area contributed by atoms with Gasteiger partial charge in [0.2, 0.25) is 0 Å². The molecule has 110 valence electrons. The molecule has 0 fully saturated rings. The van der Waals surface area contributed by atoms with Gasteiger partial charge in [-0.25, -0.2) is 0 Å². The van der Waals surface area contributed by atoms with E-state index >= 15 is 0 Å². The predicted octanol–water partition coefficient (Wildman–Crippen LogP) is 3.03. The van der Waals surface area contributed by atoms with E-state index in [1.165, 1.54) is 0 Å². The van der Waals surface area contributed by atoms with Gasteiger partial charge in [-0.2, -0.15) is 5.26 Å². The zero-order chi connectivity index (χ0) is 15.8. The average molecular weight is 309 g/mol. The minimum atomic E-state index is -0.389. The third kappa shape index (κ3) is 4.47. The summed E-state index contributed by atoms with van der Waals surface area (Å²) in [5.74, 6) is -0.389. The van der Waals surface area contributed by atoms with Gasteiger partial charge < -0.3 is 5.32 Å². The molecule has 0 saturated carbocycles. The summed E-state index contributed by atoms with van der Waals surface area (Å²) in [7, 11) is 0. The van der Waals surface area contributed by atoms with Crippen LogP contribution in [-0.2, 0) is 11.3 Å². The zero-order valence-corrected chi connectivity index (χ0v) is 12.9. The van der Waals surface area contributed by atoms with E-state index in [0.717, 1.165) is 16.0 Å². The number of amides is 1. The predicted molar refractivity (Wildman–Crippen MR) is 87.9 cm³/mol. The lowest BCUT2D eigenvalue weighted by atomic mass is 10.1. The topological polar surface area (TPSA) is 65.8 Å². The van der Waals surface area contributed by atoms with Gasteiger partial charge in [-0.05, 0) is 41.7 Å². The second kappa shape index (κ2) is 8.01. The molecule has 1 aromatic carbocycles. The van der Waals surface area contributed by atoms with E-state index in [1.807, 2.05) is 42.7 Å². The minimum absolute atomic E-state index is 0.0841. The van der Waals surface area contributed by atoms with Gasteiger partial charge in [0, 0.05) is 23.8 Å². The summed E-state index contributed by atoms with van der Waals surface area (Å²) in [6, 6.07) is 13.3. The van der Waals surface area contributed by atoms with E-state index in [9.17, 15) is 4.79 Å². The first-order valence-electron chi connectivity index (χ1n) is 6.66. The van der Waals surface area contributed by atoms with Crippen LogP contribution in [0.25, 0.3) is 6.08 Å².